The van der Waals surface area contributed by atoms with Crippen molar-refractivity contribution in [3.05, 3.63) is 60.2 Å². The molecule has 0 bridgehead atoms. The van der Waals surface area contributed by atoms with Crippen molar-refractivity contribution < 1.29 is 0 Å². The smallest absolute Gasteiger partial charge is 0.0785 e. The van der Waals surface area contributed by atoms with Gasteiger partial charge in [-0.25, -0.2) is 9.36 Å². The summed E-state index contributed by atoms with van der Waals surface area (Å²) in [5, 5.41) is 0. The highest BCUT2D eigenvalue weighted by Crippen LogP contribution is 2.28. The Bertz CT molecular complexity index is 588. The number of benzene rings is 2. The van der Waals surface area contributed by atoms with E-state index in [4.69, 9.17) is 4.36 Å². The number of rotatable bonds is 2. The Morgan fingerprint density at radius 3 is 2.59 bits per heavy atom. The maximum Gasteiger partial charge on any atom is 0.0785 e. The Kier molecular flexibility index (Phi) is 2.84. The summed E-state index contributed by atoms with van der Waals surface area (Å²) in [4.78, 5) is 5.63. The first kappa shape index (κ1) is 10.4. The summed E-state index contributed by atoms with van der Waals surface area (Å²) in [5.74, 6) is 0. The first-order chi connectivity index (χ1) is 8.43. The minimum atomic E-state index is -0.169. The van der Waals surface area contributed by atoms with Gasteiger partial charge in [-0.05, 0) is 28.4 Å². The van der Waals surface area contributed by atoms with Crippen LogP contribution < -0.4 is 0 Å². The van der Waals surface area contributed by atoms with Gasteiger partial charge in [0.2, 0.25) is 0 Å². The number of hydrogen-bond acceptors (Lipinski definition) is 2. The molecule has 84 valence electrons. The van der Waals surface area contributed by atoms with Gasteiger partial charge in [-0.2, -0.15) is 0 Å². The Balaban J connectivity index is 1.86. The molecule has 3 rings (SSSR count). The van der Waals surface area contributed by atoms with Crippen LogP contribution in [0, 0.1) is 0 Å². The average Bonchev–Trinajstić information content (AvgIpc) is 2.81. The van der Waals surface area contributed by atoms with Crippen molar-refractivity contribution in [3.8, 4) is 0 Å². The van der Waals surface area contributed by atoms with Crippen molar-refractivity contribution in [2.75, 3.05) is 0 Å². The van der Waals surface area contributed by atoms with Crippen molar-refractivity contribution >= 4 is 21.9 Å². The normalized spacial score (nSPS) is 17.3. The fourth-order valence-corrected chi connectivity index (χ4v) is 3.11. The predicted octanol–water partition coefficient (Wildman–Crippen LogP) is 3.72. The largest absolute Gasteiger partial charge is 0.250 e. The predicted molar refractivity (Wildman–Crippen MR) is 72.8 cm³/mol. The third-order valence-corrected chi connectivity index (χ3v) is 4.12. The topological polar surface area (TPSA) is 24.7 Å². The lowest BCUT2D eigenvalue weighted by Crippen LogP contribution is -1.88. The third kappa shape index (κ3) is 2.19. The van der Waals surface area contributed by atoms with Crippen LogP contribution in [0.15, 0.2) is 68.8 Å². The molecule has 0 amide bonds. The molecule has 0 aromatic heterocycles. The Labute approximate surface area is 103 Å². The van der Waals surface area contributed by atoms with Crippen molar-refractivity contribution in [1.29, 1.82) is 0 Å². The van der Waals surface area contributed by atoms with Crippen LogP contribution in [-0.2, 0) is 17.2 Å². The van der Waals surface area contributed by atoms with Gasteiger partial charge in [0.05, 0.1) is 17.8 Å². The molecule has 1 atom stereocenters. The highest BCUT2D eigenvalue weighted by molar-refractivity contribution is 8.01. The summed E-state index contributed by atoms with van der Waals surface area (Å²) in [6.45, 7) is 0.754. The molecule has 0 saturated heterocycles. The van der Waals surface area contributed by atoms with E-state index in [0.29, 0.717) is 0 Å². The summed E-state index contributed by atoms with van der Waals surface area (Å²) >= 11 is 0. The van der Waals surface area contributed by atoms with Gasteiger partial charge >= 0.3 is 0 Å². The van der Waals surface area contributed by atoms with Crippen molar-refractivity contribution in [1.82, 2.24) is 0 Å². The summed E-state index contributed by atoms with van der Waals surface area (Å²) in [7, 11) is -0.169. The van der Waals surface area contributed by atoms with Crippen LogP contribution in [0.2, 0.25) is 0 Å². The van der Waals surface area contributed by atoms with E-state index < -0.39 is 0 Å². The molecule has 1 aliphatic heterocycles. The maximum absolute atomic E-state index is 4.71. The number of fused-ring (bicyclic) bond motifs is 1. The minimum absolute atomic E-state index is 0.169. The zero-order chi connectivity index (χ0) is 11.5. The second-order valence-electron chi connectivity index (χ2n) is 3.79. The number of aliphatic imine (C=N–C) groups is 1. The molecule has 0 saturated carbocycles. The highest BCUT2D eigenvalue weighted by Gasteiger charge is 2.10. The van der Waals surface area contributed by atoms with Gasteiger partial charge in [-0.1, -0.05) is 42.5 Å². The summed E-state index contributed by atoms with van der Waals surface area (Å²) < 4.78 is 4.71. The minimum Gasteiger partial charge on any atom is -0.250 e. The lowest BCUT2D eigenvalue weighted by atomic mass is 10.2. The van der Waals surface area contributed by atoms with E-state index in [9.17, 15) is 0 Å². The second-order valence-corrected chi connectivity index (χ2v) is 5.33. The van der Waals surface area contributed by atoms with E-state index in [1.165, 1.54) is 10.5 Å². The fraction of sp³-hybridized carbons (Fsp3) is 0.0714. The molecular weight excluding hydrogens is 228 g/mol. The van der Waals surface area contributed by atoms with Crippen molar-refractivity contribution in [2.45, 2.75) is 11.4 Å². The zero-order valence-corrected chi connectivity index (χ0v) is 10.1. The van der Waals surface area contributed by atoms with Crippen molar-refractivity contribution in [2.24, 2.45) is 9.36 Å². The molecule has 1 unspecified atom stereocenters. The van der Waals surface area contributed by atoms with Crippen LogP contribution in [0.1, 0.15) is 5.56 Å². The molecular formula is C14H12N2S. The maximum atomic E-state index is 4.71. The summed E-state index contributed by atoms with van der Waals surface area (Å²) in [6.07, 6.45) is 0. The highest BCUT2D eigenvalue weighted by atomic mass is 32.2. The molecule has 1 aliphatic rings. The van der Waals surface area contributed by atoms with Gasteiger partial charge < -0.3 is 0 Å². The van der Waals surface area contributed by atoms with E-state index in [2.05, 4.69) is 23.2 Å². The van der Waals surface area contributed by atoms with Crippen LogP contribution in [0.3, 0.4) is 0 Å². The monoisotopic (exact) mass is 240 g/mol. The van der Waals surface area contributed by atoms with Crippen LogP contribution in [0.5, 0.6) is 0 Å². The molecule has 2 nitrogen and oxygen atoms in total. The fourth-order valence-electron chi connectivity index (χ4n) is 1.73. The second kappa shape index (κ2) is 4.63. The summed E-state index contributed by atoms with van der Waals surface area (Å²) in [6, 6.07) is 18.5. The first-order valence-corrected chi connectivity index (χ1v) is 6.76. The van der Waals surface area contributed by atoms with E-state index in [1.54, 1.807) is 0 Å². The van der Waals surface area contributed by atoms with Gasteiger partial charge in [-0.15, -0.1) is 0 Å². The van der Waals surface area contributed by atoms with Crippen LogP contribution in [0.25, 0.3) is 0 Å². The standard InChI is InChI=1S/C14H12N2S/c1-2-6-12(7-3-1)10-16-17-11-15-13-8-4-5-9-14(13)17/h1-9,11H,10H2. The van der Waals surface area contributed by atoms with Crippen LogP contribution >= 0.6 is 0 Å². The lowest BCUT2D eigenvalue weighted by molar-refractivity contribution is 1.09. The molecule has 0 radical (unpaired) electrons. The molecule has 2 aromatic carbocycles. The van der Waals surface area contributed by atoms with E-state index in [1.807, 2.05) is 41.9 Å². The van der Waals surface area contributed by atoms with Gasteiger partial charge in [0.1, 0.15) is 0 Å². The average molecular weight is 240 g/mol. The van der Waals surface area contributed by atoms with E-state index >= 15 is 0 Å². The molecule has 0 N–H and O–H groups in total. The SMILES string of the molecule is C1=Nc2ccccc2S1=NCc1ccccc1. The molecule has 0 fully saturated rings. The Morgan fingerprint density at radius 1 is 0.941 bits per heavy atom. The molecule has 0 spiro atoms. The zero-order valence-electron chi connectivity index (χ0n) is 9.28. The van der Waals surface area contributed by atoms with Crippen LogP contribution in [-0.4, -0.2) is 5.55 Å². The van der Waals surface area contributed by atoms with Gasteiger partial charge in [0, 0.05) is 4.90 Å². The first-order valence-electron chi connectivity index (χ1n) is 5.51. The van der Waals surface area contributed by atoms with Gasteiger partial charge in [0.15, 0.2) is 0 Å². The number of para-hydroxylation sites is 1. The lowest BCUT2D eigenvalue weighted by Gasteiger charge is -2.00. The number of nitrogens with zero attached hydrogens (tertiary/aromatic N) is 2. The molecule has 3 heteroatoms. The molecule has 2 aromatic rings. The Morgan fingerprint density at radius 2 is 1.71 bits per heavy atom. The van der Waals surface area contributed by atoms with E-state index in [-0.39, 0.29) is 10.7 Å². The van der Waals surface area contributed by atoms with Crippen molar-refractivity contribution in [3.63, 3.8) is 0 Å². The third-order valence-electron chi connectivity index (χ3n) is 2.61. The molecule has 1 heterocycles. The van der Waals surface area contributed by atoms with Gasteiger partial charge in [-0.3, -0.25) is 0 Å². The Hall–Kier alpha value is -1.74. The molecule has 17 heavy (non-hydrogen) atoms. The number of hydrogen-bond donors (Lipinski definition) is 0. The van der Waals surface area contributed by atoms with Crippen LogP contribution in [0.4, 0.5) is 5.69 Å². The van der Waals surface area contributed by atoms with Gasteiger partial charge in [0.25, 0.3) is 0 Å². The van der Waals surface area contributed by atoms with E-state index in [0.717, 1.165) is 12.2 Å². The summed E-state index contributed by atoms with van der Waals surface area (Å²) in [5.41, 5.74) is 4.26. The quantitative estimate of drug-likeness (QED) is 0.764. The molecule has 0 aliphatic carbocycles.